The van der Waals surface area contributed by atoms with Gasteiger partial charge >= 0.3 is 5.69 Å². The Morgan fingerprint density at radius 3 is 2.81 bits per heavy atom. The standard InChI is InChI=1S/C19H25N7O/c1-3-25-17(22-23(2)19(25)27)15-7-4-11-24(13-15)14-16-8-5-12-26(16)18-20-9-6-10-21-18/h5-6,8-10,12,15H,3-4,7,11,13-14H2,1-2H3. The zero-order valence-corrected chi connectivity index (χ0v) is 15.8. The molecule has 27 heavy (non-hydrogen) atoms. The first-order valence-electron chi connectivity index (χ1n) is 9.47. The van der Waals surface area contributed by atoms with E-state index in [4.69, 9.17) is 0 Å². The summed E-state index contributed by atoms with van der Waals surface area (Å²) in [6, 6.07) is 5.96. The normalized spacial score (nSPS) is 18.1. The van der Waals surface area contributed by atoms with Crippen LogP contribution in [0.4, 0.5) is 0 Å². The van der Waals surface area contributed by atoms with E-state index in [1.54, 1.807) is 24.0 Å². The van der Waals surface area contributed by atoms with Crippen molar-refractivity contribution >= 4 is 0 Å². The Bertz CT molecular complexity index is 956. The maximum atomic E-state index is 12.2. The van der Waals surface area contributed by atoms with E-state index in [-0.39, 0.29) is 11.6 Å². The van der Waals surface area contributed by atoms with E-state index >= 15 is 0 Å². The second kappa shape index (κ2) is 7.48. The van der Waals surface area contributed by atoms with Gasteiger partial charge in [-0.25, -0.2) is 19.4 Å². The molecule has 3 aromatic heterocycles. The summed E-state index contributed by atoms with van der Waals surface area (Å²) in [5, 5.41) is 4.52. The summed E-state index contributed by atoms with van der Waals surface area (Å²) >= 11 is 0. The van der Waals surface area contributed by atoms with Crippen LogP contribution >= 0.6 is 0 Å². The quantitative estimate of drug-likeness (QED) is 0.684. The Kier molecular flexibility index (Phi) is 4.89. The Morgan fingerprint density at radius 1 is 1.22 bits per heavy atom. The predicted octanol–water partition coefficient (Wildman–Crippen LogP) is 1.56. The van der Waals surface area contributed by atoms with Gasteiger partial charge in [0.2, 0.25) is 5.95 Å². The summed E-state index contributed by atoms with van der Waals surface area (Å²) in [6.07, 6.45) is 7.68. The molecule has 142 valence electrons. The van der Waals surface area contributed by atoms with E-state index < -0.39 is 0 Å². The lowest BCUT2D eigenvalue weighted by molar-refractivity contribution is 0.191. The van der Waals surface area contributed by atoms with Crippen LogP contribution in [0.25, 0.3) is 5.95 Å². The lowest BCUT2D eigenvalue weighted by Crippen LogP contribution is -2.36. The molecule has 4 rings (SSSR count). The number of piperidine rings is 1. The zero-order chi connectivity index (χ0) is 18.8. The Labute approximate surface area is 158 Å². The maximum absolute atomic E-state index is 12.2. The van der Waals surface area contributed by atoms with E-state index in [9.17, 15) is 4.79 Å². The van der Waals surface area contributed by atoms with Gasteiger partial charge in [0.1, 0.15) is 5.82 Å². The smallest absolute Gasteiger partial charge is 0.297 e. The van der Waals surface area contributed by atoms with Crippen LogP contribution in [0.15, 0.2) is 41.6 Å². The molecule has 1 aliphatic heterocycles. The summed E-state index contributed by atoms with van der Waals surface area (Å²) in [6.45, 7) is 5.43. The molecule has 8 nitrogen and oxygen atoms in total. The second-order valence-corrected chi connectivity index (χ2v) is 7.00. The number of nitrogens with zero attached hydrogens (tertiary/aromatic N) is 7. The van der Waals surface area contributed by atoms with Crippen LogP contribution in [0.5, 0.6) is 0 Å². The minimum atomic E-state index is -0.0280. The summed E-state index contributed by atoms with van der Waals surface area (Å²) in [4.78, 5) is 23.4. The molecule has 8 heteroatoms. The minimum absolute atomic E-state index is 0.0280. The van der Waals surface area contributed by atoms with Gasteiger partial charge in [-0.05, 0) is 44.5 Å². The third-order valence-corrected chi connectivity index (χ3v) is 5.21. The van der Waals surface area contributed by atoms with Gasteiger partial charge in [0.05, 0.1) is 0 Å². The van der Waals surface area contributed by atoms with Crippen LogP contribution in [0, 0.1) is 0 Å². The number of hydrogen-bond donors (Lipinski definition) is 0. The third-order valence-electron chi connectivity index (χ3n) is 5.21. The van der Waals surface area contributed by atoms with Gasteiger partial charge in [-0.2, -0.15) is 5.10 Å². The Hall–Kier alpha value is -2.74. The fraction of sp³-hybridized carbons (Fsp3) is 0.474. The molecule has 1 aliphatic rings. The highest BCUT2D eigenvalue weighted by Crippen LogP contribution is 2.26. The first kappa shape index (κ1) is 17.7. The fourth-order valence-corrected chi connectivity index (χ4v) is 3.92. The molecule has 1 fully saturated rings. The first-order valence-corrected chi connectivity index (χ1v) is 9.47. The van der Waals surface area contributed by atoms with Gasteiger partial charge in [-0.3, -0.25) is 14.0 Å². The van der Waals surface area contributed by atoms with Crippen molar-refractivity contribution in [1.82, 2.24) is 33.8 Å². The molecule has 0 amide bonds. The lowest BCUT2D eigenvalue weighted by Gasteiger charge is -2.32. The number of hydrogen-bond acceptors (Lipinski definition) is 5. The Balaban J connectivity index is 1.53. The molecule has 4 heterocycles. The first-order chi connectivity index (χ1) is 13.2. The Morgan fingerprint density at radius 2 is 2.04 bits per heavy atom. The average Bonchev–Trinajstić information content (AvgIpc) is 3.27. The van der Waals surface area contributed by atoms with Crippen molar-refractivity contribution < 1.29 is 0 Å². The summed E-state index contributed by atoms with van der Waals surface area (Å²) < 4.78 is 5.29. The zero-order valence-electron chi connectivity index (χ0n) is 15.8. The van der Waals surface area contributed by atoms with Crippen molar-refractivity contribution in [3.8, 4) is 5.95 Å². The molecule has 0 spiro atoms. The number of aromatic nitrogens is 6. The predicted molar refractivity (Wildman–Crippen MR) is 102 cm³/mol. The van der Waals surface area contributed by atoms with Crippen LogP contribution in [0.2, 0.25) is 0 Å². The van der Waals surface area contributed by atoms with Crippen molar-refractivity contribution in [1.29, 1.82) is 0 Å². The van der Waals surface area contributed by atoms with Gasteiger partial charge in [0, 0.05) is 56.9 Å². The molecular formula is C19H25N7O. The highest BCUT2D eigenvalue weighted by atomic mass is 16.2. The van der Waals surface area contributed by atoms with Crippen LogP contribution in [0.3, 0.4) is 0 Å². The largest absolute Gasteiger partial charge is 0.345 e. The highest BCUT2D eigenvalue weighted by Gasteiger charge is 2.27. The molecule has 0 aromatic carbocycles. The van der Waals surface area contributed by atoms with Crippen LogP contribution in [-0.2, 0) is 20.1 Å². The van der Waals surface area contributed by atoms with Crippen molar-refractivity contribution in [2.75, 3.05) is 13.1 Å². The van der Waals surface area contributed by atoms with E-state index in [1.807, 2.05) is 29.8 Å². The van der Waals surface area contributed by atoms with Crippen LogP contribution in [-0.4, -0.2) is 46.9 Å². The lowest BCUT2D eigenvalue weighted by atomic mass is 9.97. The average molecular weight is 367 g/mol. The van der Waals surface area contributed by atoms with Gasteiger partial charge in [0.15, 0.2) is 0 Å². The topological polar surface area (TPSA) is 73.8 Å². The second-order valence-electron chi connectivity index (χ2n) is 7.00. The number of aryl methyl sites for hydroxylation is 1. The van der Waals surface area contributed by atoms with E-state index in [0.717, 1.165) is 44.0 Å². The van der Waals surface area contributed by atoms with E-state index in [1.165, 1.54) is 4.68 Å². The molecule has 1 unspecified atom stereocenters. The van der Waals surface area contributed by atoms with Crippen LogP contribution in [0.1, 0.15) is 37.2 Å². The van der Waals surface area contributed by atoms with E-state index in [0.29, 0.717) is 12.5 Å². The molecule has 0 saturated carbocycles. The molecule has 0 aliphatic carbocycles. The molecular weight excluding hydrogens is 342 g/mol. The van der Waals surface area contributed by atoms with Crippen molar-refractivity contribution in [2.45, 2.75) is 38.8 Å². The van der Waals surface area contributed by atoms with Gasteiger partial charge in [0.25, 0.3) is 0 Å². The molecule has 3 aromatic rings. The molecule has 1 saturated heterocycles. The van der Waals surface area contributed by atoms with Crippen molar-refractivity contribution in [3.05, 3.63) is 58.8 Å². The fourth-order valence-electron chi connectivity index (χ4n) is 3.92. The van der Waals surface area contributed by atoms with Crippen molar-refractivity contribution in [3.63, 3.8) is 0 Å². The van der Waals surface area contributed by atoms with Crippen molar-refractivity contribution in [2.24, 2.45) is 7.05 Å². The summed E-state index contributed by atoms with van der Waals surface area (Å²) in [5.74, 6) is 1.89. The number of likely N-dealkylation sites (tertiary alicyclic amines) is 1. The number of rotatable bonds is 5. The van der Waals surface area contributed by atoms with Gasteiger partial charge in [-0.1, -0.05) is 0 Å². The monoisotopic (exact) mass is 367 g/mol. The van der Waals surface area contributed by atoms with Crippen LogP contribution < -0.4 is 5.69 Å². The molecule has 0 radical (unpaired) electrons. The minimum Gasteiger partial charge on any atom is -0.297 e. The summed E-state index contributed by atoms with van der Waals surface area (Å²) in [7, 11) is 1.73. The third kappa shape index (κ3) is 3.44. The SMILES string of the molecule is CCn1c(C2CCCN(Cc3cccn3-c3ncccn3)C2)nn(C)c1=O. The molecule has 1 atom stereocenters. The molecule has 0 bridgehead atoms. The van der Waals surface area contributed by atoms with E-state index in [2.05, 4.69) is 26.0 Å². The van der Waals surface area contributed by atoms with Gasteiger partial charge in [-0.15, -0.1) is 0 Å². The summed E-state index contributed by atoms with van der Waals surface area (Å²) in [5.41, 5.74) is 1.13. The molecule has 0 N–H and O–H groups in total. The maximum Gasteiger partial charge on any atom is 0.345 e. The van der Waals surface area contributed by atoms with Gasteiger partial charge < -0.3 is 0 Å². The highest BCUT2D eigenvalue weighted by molar-refractivity contribution is 5.20.